The zero-order chi connectivity index (χ0) is 12.1. The van der Waals surface area contributed by atoms with Crippen LogP contribution in [0, 0.1) is 12.8 Å². The summed E-state index contributed by atoms with van der Waals surface area (Å²) in [6.45, 7) is 9.26. The third kappa shape index (κ3) is 3.70. The SMILES string of the molecule is Cc1cnccc1NCC(C)CN1CCCC1. The molecule has 1 aromatic rings. The summed E-state index contributed by atoms with van der Waals surface area (Å²) in [5, 5.41) is 3.52. The van der Waals surface area contributed by atoms with E-state index in [2.05, 4.69) is 35.1 Å². The molecule has 1 aliphatic heterocycles. The minimum atomic E-state index is 0.695. The molecule has 0 spiro atoms. The summed E-state index contributed by atoms with van der Waals surface area (Å²) in [7, 11) is 0. The van der Waals surface area contributed by atoms with E-state index in [0.29, 0.717) is 5.92 Å². The monoisotopic (exact) mass is 233 g/mol. The Morgan fingerprint density at radius 1 is 1.41 bits per heavy atom. The summed E-state index contributed by atoms with van der Waals surface area (Å²) < 4.78 is 0. The molecular formula is C14H23N3. The van der Waals surface area contributed by atoms with Gasteiger partial charge in [-0.15, -0.1) is 0 Å². The van der Waals surface area contributed by atoms with Gasteiger partial charge in [-0.25, -0.2) is 0 Å². The first-order valence-corrected chi connectivity index (χ1v) is 6.62. The first kappa shape index (κ1) is 12.4. The predicted molar refractivity (Wildman–Crippen MR) is 72.3 cm³/mol. The molecule has 2 rings (SSSR count). The molecular weight excluding hydrogens is 210 g/mol. The zero-order valence-corrected chi connectivity index (χ0v) is 10.9. The Labute approximate surface area is 104 Å². The van der Waals surface area contributed by atoms with Gasteiger partial charge < -0.3 is 10.2 Å². The molecule has 2 heterocycles. The largest absolute Gasteiger partial charge is 0.384 e. The highest BCUT2D eigenvalue weighted by molar-refractivity contribution is 5.48. The van der Waals surface area contributed by atoms with Crippen LogP contribution in [-0.4, -0.2) is 36.1 Å². The molecule has 3 heteroatoms. The van der Waals surface area contributed by atoms with Crippen molar-refractivity contribution in [1.82, 2.24) is 9.88 Å². The van der Waals surface area contributed by atoms with Crippen molar-refractivity contribution in [1.29, 1.82) is 0 Å². The molecule has 1 aliphatic rings. The molecule has 94 valence electrons. The molecule has 1 aromatic heterocycles. The maximum Gasteiger partial charge on any atom is 0.0400 e. The standard InChI is InChI=1S/C14H23N3/c1-12(11-17-7-3-4-8-17)9-16-14-5-6-15-10-13(14)2/h5-6,10,12H,3-4,7-9,11H2,1-2H3,(H,15,16). The van der Waals surface area contributed by atoms with E-state index < -0.39 is 0 Å². The van der Waals surface area contributed by atoms with Crippen LogP contribution < -0.4 is 5.32 Å². The lowest BCUT2D eigenvalue weighted by molar-refractivity contribution is 0.294. The van der Waals surface area contributed by atoms with Crippen LogP contribution in [-0.2, 0) is 0 Å². The zero-order valence-electron chi connectivity index (χ0n) is 10.9. The van der Waals surface area contributed by atoms with Crippen molar-refractivity contribution in [2.45, 2.75) is 26.7 Å². The lowest BCUT2D eigenvalue weighted by Crippen LogP contribution is -2.28. The van der Waals surface area contributed by atoms with Gasteiger partial charge in [-0.2, -0.15) is 0 Å². The highest BCUT2D eigenvalue weighted by Gasteiger charge is 2.14. The topological polar surface area (TPSA) is 28.2 Å². The van der Waals surface area contributed by atoms with Crippen molar-refractivity contribution in [2.75, 3.05) is 31.5 Å². The fourth-order valence-electron chi connectivity index (χ4n) is 2.43. The first-order chi connectivity index (χ1) is 8.25. The highest BCUT2D eigenvalue weighted by atomic mass is 15.1. The van der Waals surface area contributed by atoms with E-state index in [1.807, 2.05) is 12.4 Å². The number of anilines is 1. The molecule has 3 nitrogen and oxygen atoms in total. The Hall–Kier alpha value is -1.09. The smallest absolute Gasteiger partial charge is 0.0400 e. The summed E-state index contributed by atoms with van der Waals surface area (Å²) in [6.07, 6.45) is 6.52. The summed E-state index contributed by atoms with van der Waals surface area (Å²) in [6, 6.07) is 2.05. The summed E-state index contributed by atoms with van der Waals surface area (Å²) in [5.41, 5.74) is 2.44. The Balaban J connectivity index is 1.75. The maximum atomic E-state index is 4.11. The molecule has 0 amide bonds. The number of hydrogen-bond acceptors (Lipinski definition) is 3. The third-order valence-electron chi connectivity index (χ3n) is 3.43. The van der Waals surface area contributed by atoms with Gasteiger partial charge in [0.2, 0.25) is 0 Å². The van der Waals surface area contributed by atoms with Gasteiger partial charge >= 0.3 is 0 Å². The van der Waals surface area contributed by atoms with Gasteiger partial charge in [0.05, 0.1) is 0 Å². The molecule has 17 heavy (non-hydrogen) atoms. The molecule has 1 saturated heterocycles. The van der Waals surface area contributed by atoms with E-state index in [9.17, 15) is 0 Å². The van der Waals surface area contributed by atoms with E-state index in [0.717, 1.165) is 6.54 Å². The van der Waals surface area contributed by atoms with Crippen molar-refractivity contribution in [3.8, 4) is 0 Å². The van der Waals surface area contributed by atoms with Crippen molar-refractivity contribution in [2.24, 2.45) is 5.92 Å². The molecule has 1 atom stereocenters. The van der Waals surface area contributed by atoms with Crippen LogP contribution in [0.3, 0.4) is 0 Å². The number of nitrogens with zero attached hydrogens (tertiary/aromatic N) is 2. The number of nitrogens with one attached hydrogen (secondary N) is 1. The van der Waals surface area contributed by atoms with Crippen molar-refractivity contribution in [3.63, 3.8) is 0 Å². The average Bonchev–Trinajstić information content (AvgIpc) is 2.81. The van der Waals surface area contributed by atoms with Crippen LogP contribution in [0.2, 0.25) is 0 Å². The quantitative estimate of drug-likeness (QED) is 0.847. The second-order valence-corrected chi connectivity index (χ2v) is 5.18. The van der Waals surface area contributed by atoms with Crippen LogP contribution in [0.1, 0.15) is 25.3 Å². The van der Waals surface area contributed by atoms with Gasteiger partial charge in [0.1, 0.15) is 0 Å². The Morgan fingerprint density at radius 2 is 2.18 bits per heavy atom. The van der Waals surface area contributed by atoms with Gasteiger partial charge in [-0.05, 0) is 50.4 Å². The van der Waals surface area contributed by atoms with E-state index in [1.54, 1.807) is 0 Å². The summed E-state index contributed by atoms with van der Waals surface area (Å²) >= 11 is 0. The normalized spacial score (nSPS) is 18.2. The van der Waals surface area contributed by atoms with Crippen LogP contribution >= 0.6 is 0 Å². The molecule has 0 aromatic carbocycles. The van der Waals surface area contributed by atoms with Crippen LogP contribution in [0.5, 0.6) is 0 Å². The van der Waals surface area contributed by atoms with Gasteiger partial charge in [0.15, 0.2) is 0 Å². The molecule has 1 N–H and O–H groups in total. The number of likely N-dealkylation sites (tertiary alicyclic amines) is 1. The first-order valence-electron chi connectivity index (χ1n) is 6.62. The van der Waals surface area contributed by atoms with Crippen LogP contribution in [0.15, 0.2) is 18.5 Å². The molecule has 0 saturated carbocycles. The highest BCUT2D eigenvalue weighted by Crippen LogP contribution is 2.14. The lowest BCUT2D eigenvalue weighted by Gasteiger charge is -2.21. The summed E-state index contributed by atoms with van der Waals surface area (Å²) in [5.74, 6) is 0.695. The molecule has 0 aliphatic carbocycles. The average molecular weight is 233 g/mol. The van der Waals surface area contributed by atoms with E-state index >= 15 is 0 Å². The van der Waals surface area contributed by atoms with Crippen molar-refractivity contribution >= 4 is 5.69 Å². The number of rotatable bonds is 5. The number of pyridine rings is 1. The third-order valence-corrected chi connectivity index (χ3v) is 3.43. The fraction of sp³-hybridized carbons (Fsp3) is 0.643. The van der Waals surface area contributed by atoms with Crippen molar-refractivity contribution in [3.05, 3.63) is 24.0 Å². The van der Waals surface area contributed by atoms with E-state index in [4.69, 9.17) is 0 Å². The van der Waals surface area contributed by atoms with Gasteiger partial charge in [0, 0.05) is 31.2 Å². The minimum Gasteiger partial charge on any atom is -0.384 e. The van der Waals surface area contributed by atoms with Crippen molar-refractivity contribution < 1.29 is 0 Å². The molecule has 0 radical (unpaired) electrons. The van der Waals surface area contributed by atoms with Crippen LogP contribution in [0.25, 0.3) is 0 Å². The fourth-order valence-corrected chi connectivity index (χ4v) is 2.43. The maximum absolute atomic E-state index is 4.11. The number of hydrogen-bond donors (Lipinski definition) is 1. The van der Waals surface area contributed by atoms with E-state index in [-0.39, 0.29) is 0 Å². The summed E-state index contributed by atoms with van der Waals surface area (Å²) in [4.78, 5) is 6.68. The Morgan fingerprint density at radius 3 is 2.88 bits per heavy atom. The van der Waals surface area contributed by atoms with Gasteiger partial charge in [-0.1, -0.05) is 6.92 Å². The van der Waals surface area contributed by atoms with Crippen LogP contribution in [0.4, 0.5) is 5.69 Å². The molecule has 1 fully saturated rings. The van der Waals surface area contributed by atoms with E-state index in [1.165, 1.54) is 43.7 Å². The minimum absolute atomic E-state index is 0.695. The second kappa shape index (κ2) is 6.01. The Kier molecular flexibility index (Phi) is 4.37. The van der Waals surface area contributed by atoms with Gasteiger partial charge in [0.25, 0.3) is 0 Å². The number of aryl methyl sites for hydroxylation is 1. The Bertz CT molecular complexity index is 345. The molecule has 0 bridgehead atoms. The molecule has 1 unspecified atom stereocenters. The second-order valence-electron chi connectivity index (χ2n) is 5.18. The lowest BCUT2D eigenvalue weighted by atomic mass is 10.1. The van der Waals surface area contributed by atoms with Gasteiger partial charge in [-0.3, -0.25) is 4.98 Å². The predicted octanol–water partition coefficient (Wildman–Crippen LogP) is 2.53. The number of aromatic nitrogens is 1.